The van der Waals surface area contributed by atoms with Gasteiger partial charge in [-0.3, -0.25) is 4.90 Å². The highest BCUT2D eigenvalue weighted by Gasteiger charge is 2.17. The van der Waals surface area contributed by atoms with Crippen molar-refractivity contribution in [1.29, 1.82) is 0 Å². The number of halogens is 1. The number of piperidine rings is 1. The summed E-state index contributed by atoms with van der Waals surface area (Å²) in [4.78, 5) is 7.15. The molecule has 2 heterocycles. The van der Waals surface area contributed by atoms with Crippen LogP contribution in [-0.4, -0.2) is 29.0 Å². The number of aromatic nitrogens is 1. The van der Waals surface area contributed by atoms with Crippen LogP contribution in [0.5, 0.6) is 0 Å². The number of nitrogens with two attached hydrogens (primary N) is 1. The second-order valence-corrected chi connectivity index (χ2v) is 6.01. The Morgan fingerprint density at radius 2 is 2.10 bits per heavy atom. The van der Waals surface area contributed by atoms with Crippen molar-refractivity contribution in [2.45, 2.75) is 25.4 Å². The predicted octanol–water partition coefficient (Wildman–Crippen LogP) is 3.16. The van der Waals surface area contributed by atoms with E-state index in [1.807, 2.05) is 6.07 Å². The van der Waals surface area contributed by atoms with E-state index in [2.05, 4.69) is 34.5 Å². The molecule has 0 saturated carbocycles. The highest BCUT2D eigenvalue weighted by Crippen LogP contribution is 2.24. The summed E-state index contributed by atoms with van der Waals surface area (Å²) in [5, 5.41) is 3.28. The van der Waals surface area contributed by atoms with Crippen molar-refractivity contribution in [3.63, 3.8) is 0 Å². The van der Waals surface area contributed by atoms with E-state index in [1.165, 1.54) is 12.0 Å². The molecule has 1 fully saturated rings. The third-order valence-corrected chi connectivity index (χ3v) is 4.44. The van der Waals surface area contributed by atoms with Crippen molar-refractivity contribution < 1.29 is 0 Å². The van der Waals surface area contributed by atoms with Crippen molar-refractivity contribution in [2.24, 2.45) is 5.73 Å². The average molecular weight is 310 g/mol. The molecule has 0 aliphatic carbocycles. The molecule has 3 nitrogen and oxygen atoms in total. The number of hydrogen-bond acceptors (Lipinski definition) is 4. The van der Waals surface area contributed by atoms with Gasteiger partial charge in [-0.1, -0.05) is 30.3 Å². The molecule has 1 atom stereocenters. The molecule has 0 bridgehead atoms. The minimum absolute atomic E-state index is 0. The number of likely N-dealkylation sites (tertiary alicyclic amines) is 1. The van der Waals surface area contributed by atoms with E-state index in [0.29, 0.717) is 6.04 Å². The molecule has 0 radical (unpaired) electrons. The first kappa shape index (κ1) is 15.4. The van der Waals surface area contributed by atoms with E-state index in [-0.39, 0.29) is 12.4 Å². The highest BCUT2D eigenvalue weighted by atomic mass is 35.5. The Labute approximate surface area is 130 Å². The maximum absolute atomic E-state index is 6.02. The van der Waals surface area contributed by atoms with Crippen molar-refractivity contribution in [3.8, 4) is 10.6 Å². The van der Waals surface area contributed by atoms with Crippen LogP contribution in [0.4, 0.5) is 0 Å². The quantitative estimate of drug-likeness (QED) is 0.947. The van der Waals surface area contributed by atoms with Gasteiger partial charge >= 0.3 is 0 Å². The van der Waals surface area contributed by atoms with Gasteiger partial charge in [0.15, 0.2) is 0 Å². The molecule has 2 aromatic rings. The van der Waals surface area contributed by atoms with Gasteiger partial charge in [-0.15, -0.1) is 23.7 Å². The van der Waals surface area contributed by atoms with Gasteiger partial charge < -0.3 is 5.73 Å². The fourth-order valence-electron chi connectivity index (χ4n) is 2.56. The van der Waals surface area contributed by atoms with Gasteiger partial charge in [-0.25, -0.2) is 4.98 Å². The molecule has 2 N–H and O–H groups in total. The number of thiazole rings is 1. The zero-order chi connectivity index (χ0) is 13.1. The third kappa shape index (κ3) is 3.79. The zero-order valence-electron chi connectivity index (χ0n) is 11.4. The van der Waals surface area contributed by atoms with Crippen LogP contribution in [0.2, 0.25) is 0 Å². The van der Waals surface area contributed by atoms with Crippen molar-refractivity contribution in [1.82, 2.24) is 9.88 Å². The standard InChI is InChI=1S/C15H19N3S.ClH/c16-13-7-4-8-18(9-13)10-14-11-19-15(17-14)12-5-2-1-3-6-12;/h1-3,5-6,11,13H,4,7-10,16H2;1H/t13-;/m1./s1. The van der Waals surface area contributed by atoms with Gasteiger partial charge in [0.25, 0.3) is 0 Å². The molecule has 1 aliphatic heterocycles. The maximum Gasteiger partial charge on any atom is 0.123 e. The Morgan fingerprint density at radius 3 is 2.85 bits per heavy atom. The molecule has 108 valence electrons. The van der Waals surface area contributed by atoms with Crippen LogP contribution < -0.4 is 5.73 Å². The average Bonchev–Trinajstić information content (AvgIpc) is 2.88. The Kier molecular flexibility index (Phi) is 5.54. The topological polar surface area (TPSA) is 42.1 Å². The minimum Gasteiger partial charge on any atom is -0.327 e. The van der Waals surface area contributed by atoms with Gasteiger partial charge in [0, 0.05) is 30.1 Å². The predicted molar refractivity (Wildman–Crippen MR) is 87.3 cm³/mol. The second kappa shape index (κ2) is 7.18. The van der Waals surface area contributed by atoms with Crippen LogP contribution >= 0.6 is 23.7 Å². The lowest BCUT2D eigenvalue weighted by atomic mass is 10.1. The van der Waals surface area contributed by atoms with Crippen LogP contribution in [0.1, 0.15) is 18.5 Å². The Balaban J connectivity index is 0.00000147. The van der Waals surface area contributed by atoms with Gasteiger partial charge in [0.2, 0.25) is 0 Å². The van der Waals surface area contributed by atoms with Crippen molar-refractivity contribution in [3.05, 3.63) is 41.4 Å². The van der Waals surface area contributed by atoms with Gasteiger partial charge in [0.05, 0.1) is 5.69 Å². The molecule has 1 saturated heterocycles. The molecule has 1 aromatic heterocycles. The molecule has 0 unspecified atom stereocenters. The number of hydrogen-bond donors (Lipinski definition) is 1. The number of rotatable bonds is 3. The van der Waals surface area contributed by atoms with E-state index in [9.17, 15) is 0 Å². The first-order chi connectivity index (χ1) is 9.31. The third-order valence-electron chi connectivity index (χ3n) is 3.50. The lowest BCUT2D eigenvalue weighted by Gasteiger charge is -2.29. The molecule has 1 aromatic carbocycles. The smallest absolute Gasteiger partial charge is 0.123 e. The van der Waals surface area contributed by atoms with Crippen LogP contribution in [0.25, 0.3) is 10.6 Å². The van der Waals surface area contributed by atoms with E-state index in [4.69, 9.17) is 10.7 Å². The van der Waals surface area contributed by atoms with Gasteiger partial charge in [0.1, 0.15) is 5.01 Å². The van der Waals surface area contributed by atoms with Gasteiger partial charge in [-0.2, -0.15) is 0 Å². The number of nitrogens with zero attached hydrogens (tertiary/aromatic N) is 2. The van der Waals surface area contributed by atoms with E-state index in [0.717, 1.165) is 36.8 Å². The summed E-state index contributed by atoms with van der Waals surface area (Å²) in [5.74, 6) is 0. The summed E-state index contributed by atoms with van der Waals surface area (Å²) in [6.07, 6.45) is 2.36. The summed E-state index contributed by atoms with van der Waals surface area (Å²) in [5.41, 5.74) is 8.38. The molecule has 0 spiro atoms. The minimum atomic E-state index is 0. The molecular formula is C15H20ClN3S. The highest BCUT2D eigenvalue weighted by molar-refractivity contribution is 7.13. The molecule has 5 heteroatoms. The van der Waals surface area contributed by atoms with Crippen LogP contribution in [0.15, 0.2) is 35.7 Å². The lowest BCUT2D eigenvalue weighted by Crippen LogP contribution is -2.42. The van der Waals surface area contributed by atoms with Gasteiger partial charge in [-0.05, 0) is 19.4 Å². The van der Waals surface area contributed by atoms with E-state index in [1.54, 1.807) is 11.3 Å². The normalized spacial score (nSPS) is 19.6. The first-order valence-corrected chi connectivity index (χ1v) is 7.67. The summed E-state index contributed by atoms with van der Waals surface area (Å²) in [6, 6.07) is 10.7. The molecule has 20 heavy (non-hydrogen) atoms. The molecule has 3 rings (SSSR count). The van der Waals surface area contributed by atoms with Crippen LogP contribution in [0.3, 0.4) is 0 Å². The zero-order valence-corrected chi connectivity index (χ0v) is 13.0. The summed E-state index contributed by atoms with van der Waals surface area (Å²) in [7, 11) is 0. The van der Waals surface area contributed by atoms with Crippen LogP contribution in [-0.2, 0) is 6.54 Å². The van der Waals surface area contributed by atoms with Crippen LogP contribution in [0, 0.1) is 0 Å². The monoisotopic (exact) mass is 309 g/mol. The maximum atomic E-state index is 6.02. The largest absolute Gasteiger partial charge is 0.327 e. The molecule has 1 aliphatic rings. The molecular weight excluding hydrogens is 290 g/mol. The first-order valence-electron chi connectivity index (χ1n) is 6.79. The van der Waals surface area contributed by atoms with E-state index < -0.39 is 0 Å². The summed E-state index contributed by atoms with van der Waals surface area (Å²) >= 11 is 1.72. The fourth-order valence-corrected chi connectivity index (χ4v) is 3.37. The Hall–Kier alpha value is -0.940. The van der Waals surface area contributed by atoms with E-state index >= 15 is 0 Å². The fraction of sp³-hybridized carbons (Fsp3) is 0.400. The van der Waals surface area contributed by atoms with Crippen molar-refractivity contribution >= 4 is 23.7 Å². The second-order valence-electron chi connectivity index (χ2n) is 5.15. The summed E-state index contributed by atoms with van der Waals surface area (Å²) < 4.78 is 0. The lowest BCUT2D eigenvalue weighted by molar-refractivity contribution is 0.200. The SMILES string of the molecule is Cl.N[C@@H]1CCCN(Cc2csc(-c3ccccc3)n2)C1. The Morgan fingerprint density at radius 1 is 1.30 bits per heavy atom. The number of benzene rings is 1. The molecule has 0 amide bonds. The summed E-state index contributed by atoms with van der Waals surface area (Å²) in [6.45, 7) is 3.07. The van der Waals surface area contributed by atoms with Crippen molar-refractivity contribution in [2.75, 3.05) is 13.1 Å². The Bertz CT molecular complexity index is 529.